The van der Waals surface area contributed by atoms with Crippen molar-refractivity contribution in [3.63, 3.8) is 0 Å². The molecular formula is C25H26ClN3O3. The van der Waals surface area contributed by atoms with E-state index in [0.29, 0.717) is 17.7 Å². The number of nitrogens with zero attached hydrogens (tertiary/aromatic N) is 2. The Morgan fingerprint density at radius 1 is 1.06 bits per heavy atom. The number of benzene rings is 2. The van der Waals surface area contributed by atoms with E-state index in [1.54, 1.807) is 24.3 Å². The molecule has 0 saturated carbocycles. The van der Waals surface area contributed by atoms with E-state index in [1.807, 2.05) is 35.2 Å². The summed E-state index contributed by atoms with van der Waals surface area (Å²) in [4.78, 5) is 41.5. The molecule has 0 aromatic heterocycles. The van der Waals surface area contributed by atoms with Gasteiger partial charge in [0.1, 0.15) is 10.7 Å². The fourth-order valence-electron chi connectivity index (χ4n) is 4.18. The average Bonchev–Trinajstić information content (AvgIpc) is 3.01. The van der Waals surface area contributed by atoms with Crippen LogP contribution in [0.5, 0.6) is 0 Å². The maximum Gasteiger partial charge on any atom is 0.278 e. The van der Waals surface area contributed by atoms with Crippen LogP contribution >= 0.6 is 11.6 Å². The van der Waals surface area contributed by atoms with E-state index in [4.69, 9.17) is 11.6 Å². The summed E-state index contributed by atoms with van der Waals surface area (Å²) >= 11 is 6.22. The van der Waals surface area contributed by atoms with E-state index in [-0.39, 0.29) is 29.2 Å². The minimum absolute atomic E-state index is 0.0285. The summed E-state index contributed by atoms with van der Waals surface area (Å²) in [5, 5.41) is 2.84. The van der Waals surface area contributed by atoms with Crippen LogP contribution in [0.25, 0.3) is 0 Å². The summed E-state index contributed by atoms with van der Waals surface area (Å²) in [7, 11) is 0. The normalized spacial score (nSPS) is 19.0. The second kappa shape index (κ2) is 9.57. The Hall–Kier alpha value is -3.12. The van der Waals surface area contributed by atoms with Crippen molar-refractivity contribution in [1.82, 2.24) is 9.80 Å². The maximum atomic E-state index is 13.0. The van der Waals surface area contributed by atoms with Gasteiger partial charge in [-0.2, -0.15) is 0 Å². The lowest BCUT2D eigenvalue weighted by Gasteiger charge is -2.33. The van der Waals surface area contributed by atoms with Gasteiger partial charge in [-0.15, -0.1) is 0 Å². The first-order valence-corrected chi connectivity index (χ1v) is 11.3. The quantitative estimate of drug-likeness (QED) is 0.669. The first kappa shape index (κ1) is 22.1. The molecule has 1 atom stereocenters. The van der Waals surface area contributed by atoms with Crippen molar-refractivity contribution < 1.29 is 14.4 Å². The van der Waals surface area contributed by atoms with Gasteiger partial charge in [-0.05, 0) is 56.4 Å². The lowest BCUT2D eigenvalue weighted by Crippen LogP contribution is -2.42. The summed E-state index contributed by atoms with van der Waals surface area (Å²) < 4.78 is 0. The van der Waals surface area contributed by atoms with Gasteiger partial charge >= 0.3 is 0 Å². The molecule has 2 aromatic carbocycles. The van der Waals surface area contributed by atoms with Crippen molar-refractivity contribution in [2.75, 3.05) is 18.4 Å². The Bertz CT molecular complexity index is 1070. The van der Waals surface area contributed by atoms with Gasteiger partial charge in [0.2, 0.25) is 0 Å². The van der Waals surface area contributed by atoms with Crippen LogP contribution in [0, 0.1) is 0 Å². The minimum Gasteiger partial charge on any atom is -0.350 e. The number of rotatable bonds is 6. The average molecular weight is 452 g/mol. The highest BCUT2D eigenvalue weighted by atomic mass is 35.5. The van der Waals surface area contributed by atoms with Gasteiger partial charge in [0.15, 0.2) is 0 Å². The Kier molecular flexibility index (Phi) is 6.61. The van der Waals surface area contributed by atoms with Crippen molar-refractivity contribution in [3.8, 4) is 0 Å². The summed E-state index contributed by atoms with van der Waals surface area (Å²) in [6.07, 6.45) is 3.69. The van der Waals surface area contributed by atoms with Crippen molar-refractivity contribution in [1.29, 1.82) is 0 Å². The Balaban J connectivity index is 1.46. The predicted molar refractivity (Wildman–Crippen MR) is 124 cm³/mol. The molecule has 0 aliphatic carbocycles. The van der Waals surface area contributed by atoms with Crippen LogP contribution in [-0.4, -0.2) is 46.7 Å². The molecule has 2 heterocycles. The molecule has 166 valence electrons. The molecule has 1 saturated heterocycles. The van der Waals surface area contributed by atoms with E-state index in [9.17, 15) is 14.4 Å². The summed E-state index contributed by atoms with van der Waals surface area (Å²) in [5.41, 5.74) is 2.15. The van der Waals surface area contributed by atoms with E-state index in [0.717, 1.165) is 36.3 Å². The Morgan fingerprint density at radius 2 is 1.84 bits per heavy atom. The molecule has 1 N–H and O–H groups in total. The lowest BCUT2D eigenvalue weighted by molar-refractivity contribution is -0.137. The number of anilines is 1. The number of halogens is 1. The fourth-order valence-corrected chi connectivity index (χ4v) is 4.41. The second-order valence-electron chi connectivity index (χ2n) is 8.24. The Labute approximate surface area is 192 Å². The number of amides is 3. The minimum atomic E-state index is -0.510. The van der Waals surface area contributed by atoms with Crippen molar-refractivity contribution >= 4 is 35.0 Å². The molecule has 0 spiro atoms. The zero-order valence-electron chi connectivity index (χ0n) is 18.0. The second-order valence-corrected chi connectivity index (χ2v) is 8.61. The standard InChI is InChI=1S/C25H26ClN3O3/c1-17-8-5-6-14-28(17)23(30)19-11-7-12-20(16-19)27-22-21(26)24(31)29(25(22)32)15-13-18-9-3-2-4-10-18/h2-4,7,9-12,16-17,27H,5-6,8,13-15H2,1H3/t17-/m1/s1. The molecule has 0 unspecified atom stereocenters. The monoisotopic (exact) mass is 451 g/mol. The number of carbonyl (C=O) groups is 3. The third-order valence-electron chi connectivity index (χ3n) is 6.02. The van der Waals surface area contributed by atoms with Crippen LogP contribution in [0.1, 0.15) is 42.1 Å². The predicted octanol–water partition coefficient (Wildman–Crippen LogP) is 4.18. The molecule has 0 radical (unpaired) electrons. The highest BCUT2D eigenvalue weighted by molar-refractivity contribution is 6.48. The summed E-state index contributed by atoms with van der Waals surface area (Å²) in [6, 6.07) is 16.8. The highest BCUT2D eigenvalue weighted by Gasteiger charge is 2.37. The SMILES string of the molecule is C[C@@H]1CCCCN1C(=O)c1cccc(NC2=C(Cl)C(=O)N(CCc3ccccc3)C2=O)c1. The largest absolute Gasteiger partial charge is 0.350 e. The van der Waals surface area contributed by atoms with Gasteiger partial charge in [-0.1, -0.05) is 48.0 Å². The van der Waals surface area contributed by atoms with Gasteiger partial charge in [0, 0.05) is 30.4 Å². The highest BCUT2D eigenvalue weighted by Crippen LogP contribution is 2.27. The number of hydrogen-bond donors (Lipinski definition) is 1. The third-order valence-corrected chi connectivity index (χ3v) is 6.37. The van der Waals surface area contributed by atoms with E-state index < -0.39 is 11.8 Å². The zero-order valence-corrected chi connectivity index (χ0v) is 18.8. The first-order valence-electron chi connectivity index (χ1n) is 10.9. The van der Waals surface area contributed by atoms with Gasteiger partial charge in [0.05, 0.1) is 0 Å². The molecule has 6 nitrogen and oxygen atoms in total. The van der Waals surface area contributed by atoms with E-state index >= 15 is 0 Å². The van der Waals surface area contributed by atoms with E-state index in [1.165, 1.54) is 0 Å². The lowest BCUT2D eigenvalue weighted by atomic mass is 10.0. The molecule has 1 fully saturated rings. The Morgan fingerprint density at radius 3 is 2.59 bits per heavy atom. The van der Waals surface area contributed by atoms with Crippen LogP contribution in [0.2, 0.25) is 0 Å². The molecule has 32 heavy (non-hydrogen) atoms. The molecule has 2 aromatic rings. The maximum absolute atomic E-state index is 13.0. The van der Waals surface area contributed by atoms with E-state index in [2.05, 4.69) is 12.2 Å². The number of piperidine rings is 1. The first-order chi connectivity index (χ1) is 15.5. The van der Waals surface area contributed by atoms with Crippen LogP contribution in [0.15, 0.2) is 65.3 Å². The zero-order chi connectivity index (χ0) is 22.7. The summed E-state index contributed by atoms with van der Waals surface area (Å²) in [5.74, 6) is -0.999. The molecular weight excluding hydrogens is 426 g/mol. The number of carbonyl (C=O) groups excluding carboxylic acids is 3. The van der Waals surface area contributed by atoms with Crippen LogP contribution < -0.4 is 5.32 Å². The van der Waals surface area contributed by atoms with Crippen LogP contribution in [-0.2, 0) is 16.0 Å². The smallest absolute Gasteiger partial charge is 0.278 e. The summed E-state index contributed by atoms with van der Waals surface area (Å²) in [6.45, 7) is 3.06. The molecule has 0 bridgehead atoms. The van der Waals surface area contributed by atoms with Gasteiger partial charge in [-0.3, -0.25) is 19.3 Å². The molecule has 3 amide bonds. The van der Waals surface area contributed by atoms with Gasteiger partial charge in [0.25, 0.3) is 17.7 Å². The molecule has 2 aliphatic heterocycles. The van der Waals surface area contributed by atoms with Crippen molar-refractivity contribution in [3.05, 3.63) is 76.5 Å². The van der Waals surface area contributed by atoms with Crippen LogP contribution in [0.4, 0.5) is 5.69 Å². The number of nitrogens with one attached hydrogen (secondary N) is 1. The number of hydrogen-bond acceptors (Lipinski definition) is 4. The van der Waals surface area contributed by atoms with Gasteiger partial charge < -0.3 is 10.2 Å². The number of likely N-dealkylation sites (tertiary alicyclic amines) is 1. The number of imide groups is 1. The third kappa shape index (κ3) is 4.55. The molecule has 7 heteroatoms. The molecule has 4 rings (SSSR count). The van der Waals surface area contributed by atoms with Gasteiger partial charge in [-0.25, -0.2) is 0 Å². The van der Waals surface area contributed by atoms with Crippen molar-refractivity contribution in [2.45, 2.75) is 38.6 Å². The fraction of sp³-hybridized carbons (Fsp3) is 0.320. The van der Waals surface area contributed by atoms with Crippen molar-refractivity contribution in [2.24, 2.45) is 0 Å². The topological polar surface area (TPSA) is 69.7 Å². The van der Waals surface area contributed by atoms with Crippen LogP contribution in [0.3, 0.4) is 0 Å². The molecule has 2 aliphatic rings.